The number of likely N-dealkylation sites (N-methyl/N-ethyl adjacent to an activating group) is 1. The Morgan fingerprint density at radius 1 is 1.53 bits per heavy atom. The molecule has 2 rings (SSSR count). The van der Waals surface area contributed by atoms with Crippen molar-refractivity contribution in [2.75, 3.05) is 20.4 Å². The van der Waals surface area contributed by atoms with Gasteiger partial charge >= 0.3 is 0 Å². The van der Waals surface area contributed by atoms with E-state index in [9.17, 15) is 9.18 Å². The average molecular weight is 211 g/mol. The van der Waals surface area contributed by atoms with E-state index in [1.165, 1.54) is 12.1 Å². The lowest BCUT2D eigenvalue weighted by Crippen LogP contribution is -2.19. The van der Waals surface area contributed by atoms with Gasteiger partial charge in [0.15, 0.2) is 17.3 Å². The third-order valence-electron chi connectivity index (χ3n) is 2.12. The molecule has 0 aromatic heterocycles. The number of benzene rings is 1. The summed E-state index contributed by atoms with van der Waals surface area (Å²) in [6.45, 7) is 0.0898. The van der Waals surface area contributed by atoms with Crippen molar-refractivity contribution >= 4 is 5.78 Å². The van der Waals surface area contributed by atoms with Gasteiger partial charge in [-0.2, -0.15) is 0 Å². The molecule has 15 heavy (non-hydrogen) atoms. The van der Waals surface area contributed by atoms with Crippen molar-refractivity contribution in [2.24, 2.45) is 0 Å². The van der Waals surface area contributed by atoms with Crippen molar-refractivity contribution in [3.05, 3.63) is 23.5 Å². The molecular weight excluding hydrogens is 201 g/mol. The number of Topliss-reactive ketones (excluding diaryl/α,β-unsaturated/α-hetero) is 1. The molecule has 0 amide bonds. The van der Waals surface area contributed by atoms with Crippen LogP contribution in [0.1, 0.15) is 10.4 Å². The maximum atomic E-state index is 13.7. The number of nitrogens with one attached hydrogen (secondary N) is 1. The van der Waals surface area contributed by atoms with E-state index < -0.39 is 5.82 Å². The van der Waals surface area contributed by atoms with Crippen molar-refractivity contribution in [3.63, 3.8) is 0 Å². The molecule has 80 valence electrons. The first-order valence-corrected chi connectivity index (χ1v) is 4.50. The highest BCUT2D eigenvalue weighted by molar-refractivity contribution is 5.98. The molecular formula is C10H10FNO3. The van der Waals surface area contributed by atoms with Crippen LogP contribution in [0.4, 0.5) is 4.39 Å². The lowest BCUT2D eigenvalue weighted by Gasteiger charge is -2.04. The number of carbonyl (C=O) groups excluding carboxylic acids is 1. The molecule has 0 saturated carbocycles. The predicted molar refractivity (Wildman–Crippen MR) is 50.8 cm³/mol. The second kappa shape index (κ2) is 3.86. The summed E-state index contributed by atoms with van der Waals surface area (Å²) in [5.41, 5.74) is 0.0219. The van der Waals surface area contributed by atoms with Crippen molar-refractivity contribution in [2.45, 2.75) is 0 Å². The Hall–Kier alpha value is -1.62. The Balaban J connectivity index is 2.38. The van der Waals surface area contributed by atoms with E-state index in [1.807, 2.05) is 0 Å². The molecule has 0 fully saturated rings. The lowest BCUT2D eigenvalue weighted by atomic mass is 10.1. The minimum Gasteiger partial charge on any atom is -0.453 e. The van der Waals surface area contributed by atoms with Gasteiger partial charge in [-0.25, -0.2) is 4.39 Å². The summed E-state index contributed by atoms with van der Waals surface area (Å²) >= 11 is 0. The van der Waals surface area contributed by atoms with Gasteiger partial charge in [0, 0.05) is 0 Å². The largest absolute Gasteiger partial charge is 0.453 e. The molecule has 0 unspecified atom stereocenters. The summed E-state index contributed by atoms with van der Waals surface area (Å²) in [5, 5.41) is 2.67. The summed E-state index contributed by atoms with van der Waals surface area (Å²) in [4.78, 5) is 11.5. The van der Waals surface area contributed by atoms with Crippen molar-refractivity contribution < 1.29 is 18.7 Å². The van der Waals surface area contributed by atoms with E-state index in [4.69, 9.17) is 9.47 Å². The van der Waals surface area contributed by atoms with Crippen LogP contribution < -0.4 is 14.8 Å². The smallest absolute Gasteiger partial charge is 0.231 e. The van der Waals surface area contributed by atoms with E-state index >= 15 is 0 Å². The minimum atomic E-state index is -0.648. The van der Waals surface area contributed by atoms with Crippen LogP contribution in [0.5, 0.6) is 11.5 Å². The maximum absolute atomic E-state index is 13.7. The Morgan fingerprint density at radius 3 is 3.07 bits per heavy atom. The summed E-state index contributed by atoms with van der Waals surface area (Å²) in [6, 6.07) is 2.94. The number of ketones is 1. The second-order valence-electron chi connectivity index (χ2n) is 3.11. The fourth-order valence-corrected chi connectivity index (χ4v) is 1.41. The molecule has 1 heterocycles. The average Bonchev–Trinajstić information content (AvgIpc) is 2.67. The van der Waals surface area contributed by atoms with Crippen LogP contribution in [-0.4, -0.2) is 26.2 Å². The molecule has 0 bridgehead atoms. The highest BCUT2D eigenvalue weighted by atomic mass is 19.1. The number of fused-ring (bicyclic) bond motifs is 1. The molecule has 0 aliphatic carbocycles. The number of rotatable bonds is 3. The zero-order valence-corrected chi connectivity index (χ0v) is 8.17. The van der Waals surface area contributed by atoms with Gasteiger partial charge in [0.1, 0.15) is 0 Å². The first-order chi connectivity index (χ1) is 7.24. The Bertz CT molecular complexity index is 406. The molecule has 0 atom stereocenters. The van der Waals surface area contributed by atoms with Gasteiger partial charge in [0.05, 0.1) is 12.1 Å². The van der Waals surface area contributed by atoms with E-state index in [1.54, 1.807) is 7.05 Å². The van der Waals surface area contributed by atoms with E-state index in [2.05, 4.69) is 5.32 Å². The van der Waals surface area contributed by atoms with Gasteiger partial charge < -0.3 is 14.8 Å². The zero-order valence-electron chi connectivity index (χ0n) is 8.17. The number of halogens is 1. The predicted octanol–water partition coefficient (Wildman–Crippen LogP) is 0.957. The van der Waals surface area contributed by atoms with Gasteiger partial charge in [-0.1, -0.05) is 0 Å². The van der Waals surface area contributed by atoms with E-state index in [0.717, 1.165) is 0 Å². The maximum Gasteiger partial charge on any atom is 0.231 e. The van der Waals surface area contributed by atoms with Crippen molar-refractivity contribution in [1.29, 1.82) is 0 Å². The van der Waals surface area contributed by atoms with Crippen LogP contribution in [0.25, 0.3) is 0 Å². The fraction of sp³-hybridized carbons (Fsp3) is 0.300. The second-order valence-corrected chi connectivity index (χ2v) is 3.11. The van der Waals surface area contributed by atoms with Crippen LogP contribution in [0.3, 0.4) is 0 Å². The van der Waals surface area contributed by atoms with Crippen LogP contribution in [0.2, 0.25) is 0 Å². The highest BCUT2D eigenvalue weighted by Gasteiger charge is 2.23. The van der Waals surface area contributed by atoms with Crippen LogP contribution in [-0.2, 0) is 0 Å². The van der Waals surface area contributed by atoms with Gasteiger partial charge in [-0.05, 0) is 19.2 Å². The summed E-state index contributed by atoms with van der Waals surface area (Å²) in [7, 11) is 1.63. The normalized spacial score (nSPS) is 12.9. The van der Waals surface area contributed by atoms with Crippen molar-refractivity contribution in [3.8, 4) is 11.5 Å². The number of hydrogen-bond donors (Lipinski definition) is 1. The highest BCUT2D eigenvalue weighted by Crippen LogP contribution is 2.36. The number of carbonyl (C=O) groups is 1. The van der Waals surface area contributed by atoms with E-state index in [0.29, 0.717) is 5.75 Å². The Morgan fingerprint density at radius 2 is 2.33 bits per heavy atom. The minimum absolute atomic E-state index is 0.00404. The Kier molecular flexibility index (Phi) is 2.55. The first-order valence-electron chi connectivity index (χ1n) is 4.50. The monoisotopic (exact) mass is 211 g/mol. The SMILES string of the molecule is CNCC(=O)c1ccc2c(c1F)OCO2. The van der Waals surface area contributed by atoms with Gasteiger partial charge in [0.25, 0.3) is 0 Å². The lowest BCUT2D eigenvalue weighted by molar-refractivity contribution is 0.0988. The Labute approximate surface area is 86.0 Å². The number of ether oxygens (including phenoxy) is 2. The molecule has 0 radical (unpaired) electrons. The van der Waals surface area contributed by atoms with Crippen LogP contribution in [0, 0.1) is 5.82 Å². The number of hydrogen-bond acceptors (Lipinski definition) is 4. The quantitative estimate of drug-likeness (QED) is 0.756. The van der Waals surface area contributed by atoms with E-state index in [-0.39, 0.29) is 30.4 Å². The molecule has 1 aromatic rings. The van der Waals surface area contributed by atoms with Gasteiger partial charge in [-0.3, -0.25) is 4.79 Å². The topological polar surface area (TPSA) is 47.6 Å². The molecule has 0 saturated heterocycles. The zero-order chi connectivity index (χ0) is 10.8. The molecule has 0 spiro atoms. The van der Waals surface area contributed by atoms with Crippen LogP contribution >= 0.6 is 0 Å². The molecule has 1 aromatic carbocycles. The van der Waals surface area contributed by atoms with Gasteiger partial charge in [0.2, 0.25) is 12.5 Å². The standard InChI is InChI=1S/C10H10FNO3/c1-12-4-7(13)6-2-3-8-10(9(6)11)15-5-14-8/h2-3,12H,4-5H2,1H3. The molecule has 5 heteroatoms. The summed E-state index contributed by atoms with van der Waals surface area (Å²) < 4.78 is 23.6. The van der Waals surface area contributed by atoms with Crippen molar-refractivity contribution in [1.82, 2.24) is 5.32 Å². The molecule has 4 nitrogen and oxygen atoms in total. The summed E-state index contributed by atoms with van der Waals surface area (Å²) in [6.07, 6.45) is 0. The first kappa shape index (κ1) is 9.92. The van der Waals surface area contributed by atoms with Crippen LogP contribution in [0.15, 0.2) is 12.1 Å². The van der Waals surface area contributed by atoms with Gasteiger partial charge in [-0.15, -0.1) is 0 Å². The molecule has 1 N–H and O–H groups in total. The third-order valence-corrected chi connectivity index (χ3v) is 2.12. The molecule has 1 aliphatic rings. The summed E-state index contributed by atoms with van der Waals surface area (Å²) in [5.74, 6) is -0.594. The third kappa shape index (κ3) is 1.66. The molecule has 1 aliphatic heterocycles. The fourth-order valence-electron chi connectivity index (χ4n) is 1.41.